The lowest BCUT2D eigenvalue weighted by molar-refractivity contribution is -0.0822. The Morgan fingerprint density at radius 3 is 2.89 bits per heavy atom. The van der Waals surface area contributed by atoms with E-state index in [-0.39, 0.29) is 25.8 Å². The molecule has 0 saturated carbocycles. The van der Waals surface area contributed by atoms with Gasteiger partial charge in [0.05, 0.1) is 20.3 Å². The molecule has 2 aliphatic heterocycles. The molecular formula is C18H21N3O6. The standard InChI is InChI=1S/C18H21N3O6/c1-11-3-5-12(6-4-11)18-14(22)8-25-15(18)13(7-27-18)26-10-21-9-19-16(20-21)17(23)24-2/h3-6,9,13-15,22H,7-8,10H2,1-2H3/t13-,14+,15-,18-/m1/s1. The second-order valence-electron chi connectivity index (χ2n) is 6.67. The fraction of sp³-hybridized carbons (Fsp3) is 0.500. The summed E-state index contributed by atoms with van der Waals surface area (Å²) in [6.07, 6.45) is -0.233. The minimum atomic E-state index is -0.947. The molecule has 0 bridgehead atoms. The number of aryl methyl sites for hydroxylation is 1. The highest BCUT2D eigenvalue weighted by Gasteiger charge is 2.61. The summed E-state index contributed by atoms with van der Waals surface area (Å²) in [6.45, 7) is 2.52. The third kappa shape index (κ3) is 3.02. The van der Waals surface area contributed by atoms with Crippen molar-refractivity contribution in [2.24, 2.45) is 0 Å². The maximum atomic E-state index is 11.4. The molecule has 0 amide bonds. The number of hydrogen-bond acceptors (Lipinski definition) is 8. The van der Waals surface area contributed by atoms with Gasteiger partial charge in [-0.1, -0.05) is 29.8 Å². The minimum absolute atomic E-state index is 0.0367. The maximum Gasteiger partial charge on any atom is 0.377 e. The van der Waals surface area contributed by atoms with E-state index in [1.165, 1.54) is 18.1 Å². The van der Waals surface area contributed by atoms with E-state index in [4.69, 9.17) is 14.2 Å². The number of hydrogen-bond donors (Lipinski definition) is 1. The first-order valence-electron chi connectivity index (χ1n) is 8.64. The maximum absolute atomic E-state index is 11.4. The third-order valence-electron chi connectivity index (χ3n) is 5.00. The molecule has 0 aliphatic carbocycles. The van der Waals surface area contributed by atoms with Gasteiger partial charge in [0.15, 0.2) is 0 Å². The number of benzene rings is 1. The van der Waals surface area contributed by atoms with Crippen LogP contribution in [0.3, 0.4) is 0 Å². The monoisotopic (exact) mass is 375 g/mol. The van der Waals surface area contributed by atoms with Gasteiger partial charge in [0.25, 0.3) is 5.82 Å². The summed E-state index contributed by atoms with van der Waals surface area (Å²) < 4.78 is 23.7. The Morgan fingerprint density at radius 1 is 1.37 bits per heavy atom. The normalized spacial score (nSPS) is 29.7. The summed E-state index contributed by atoms with van der Waals surface area (Å²) in [5.74, 6) is -0.649. The van der Waals surface area contributed by atoms with Crippen molar-refractivity contribution >= 4 is 5.97 Å². The number of aromatic nitrogens is 3. The van der Waals surface area contributed by atoms with Crippen LogP contribution >= 0.6 is 0 Å². The summed E-state index contributed by atoms with van der Waals surface area (Å²) >= 11 is 0. The topological polar surface area (TPSA) is 105 Å². The van der Waals surface area contributed by atoms with Crippen molar-refractivity contribution in [2.45, 2.75) is 37.6 Å². The summed E-state index contributed by atoms with van der Waals surface area (Å²) in [4.78, 5) is 15.3. The Labute approximate surface area is 155 Å². The number of ether oxygens (including phenoxy) is 4. The van der Waals surface area contributed by atoms with Crippen molar-refractivity contribution < 1.29 is 28.8 Å². The highest BCUT2D eigenvalue weighted by Crippen LogP contribution is 2.46. The van der Waals surface area contributed by atoms with Crippen LogP contribution in [0, 0.1) is 6.92 Å². The van der Waals surface area contributed by atoms with Crippen molar-refractivity contribution in [3.63, 3.8) is 0 Å². The molecule has 2 saturated heterocycles. The Bertz CT molecular complexity index is 823. The lowest BCUT2D eigenvalue weighted by Gasteiger charge is -2.31. The number of rotatable bonds is 5. The van der Waals surface area contributed by atoms with Gasteiger partial charge in [0, 0.05) is 0 Å². The van der Waals surface area contributed by atoms with Crippen LogP contribution < -0.4 is 0 Å². The second-order valence-corrected chi connectivity index (χ2v) is 6.67. The van der Waals surface area contributed by atoms with E-state index in [1.807, 2.05) is 31.2 Å². The molecule has 0 spiro atoms. The van der Waals surface area contributed by atoms with E-state index in [0.717, 1.165) is 11.1 Å². The molecule has 1 aromatic heterocycles. The minimum Gasteiger partial charge on any atom is -0.463 e. The van der Waals surface area contributed by atoms with E-state index >= 15 is 0 Å². The van der Waals surface area contributed by atoms with Crippen molar-refractivity contribution in [1.29, 1.82) is 0 Å². The molecule has 4 atom stereocenters. The summed E-state index contributed by atoms with van der Waals surface area (Å²) in [6, 6.07) is 7.85. The van der Waals surface area contributed by atoms with Crippen LogP contribution in [0.25, 0.3) is 0 Å². The molecule has 0 radical (unpaired) electrons. The Morgan fingerprint density at radius 2 is 2.15 bits per heavy atom. The predicted molar refractivity (Wildman–Crippen MR) is 90.8 cm³/mol. The van der Waals surface area contributed by atoms with Crippen LogP contribution in [0.5, 0.6) is 0 Å². The SMILES string of the molecule is COC(=O)c1ncn(CO[C@@H]2CO[C@@]3(c4ccc(C)cc4)[C@@H]2OC[C@@H]3O)n1. The van der Waals surface area contributed by atoms with Gasteiger partial charge in [0.1, 0.15) is 37.0 Å². The Balaban J connectivity index is 1.49. The van der Waals surface area contributed by atoms with E-state index < -0.39 is 29.9 Å². The molecule has 27 heavy (non-hydrogen) atoms. The molecule has 9 nitrogen and oxygen atoms in total. The van der Waals surface area contributed by atoms with Gasteiger partial charge in [-0.05, 0) is 12.5 Å². The van der Waals surface area contributed by atoms with Crippen LogP contribution in [0.15, 0.2) is 30.6 Å². The van der Waals surface area contributed by atoms with E-state index in [2.05, 4.69) is 14.8 Å². The molecule has 2 fully saturated rings. The molecule has 1 aromatic carbocycles. The molecule has 9 heteroatoms. The number of esters is 1. The molecule has 144 valence electrons. The average Bonchev–Trinajstić information content (AvgIpc) is 3.37. The quantitative estimate of drug-likeness (QED) is 0.749. The molecule has 4 rings (SSSR count). The van der Waals surface area contributed by atoms with Gasteiger partial charge in [-0.15, -0.1) is 5.10 Å². The number of carbonyl (C=O) groups is 1. The number of fused-ring (bicyclic) bond motifs is 1. The van der Waals surface area contributed by atoms with Crippen molar-refractivity contribution in [3.8, 4) is 0 Å². The zero-order valence-electron chi connectivity index (χ0n) is 15.1. The molecule has 3 heterocycles. The van der Waals surface area contributed by atoms with Crippen LogP contribution in [-0.4, -0.2) is 64.5 Å². The van der Waals surface area contributed by atoms with Crippen molar-refractivity contribution in [3.05, 3.63) is 47.5 Å². The van der Waals surface area contributed by atoms with E-state index in [0.29, 0.717) is 0 Å². The summed E-state index contributed by atoms with van der Waals surface area (Å²) in [5, 5.41) is 14.6. The first-order valence-corrected chi connectivity index (χ1v) is 8.64. The largest absolute Gasteiger partial charge is 0.463 e. The second kappa shape index (κ2) is 7.01. The van der Waals surface area contributed by atoms with Gasteiger partial charge < -0.3 is 24.1 Å². The smallest absolute Gasteiger partial charge is 0.377 e. The van der Waals surface area contributed by atoms with Gasteiger partial charge in [-0.3, -0.25) is 0 Å². The zero-order valence-corrected chi connectivity index (χ0v) is 15.1. The number of nitrogens with zero attached hydrogens (tertiary/aromatic N) is 3. The number of carbonyl (C=O) groups excluding carboxylic acids is 1. The predicted octanol–water partition coefficient (Wildman–Crippen LogP) is 0.401. The van der Waals surface area contributed by atoms with E-state index in [9.17, 15) is 9.90 Å². The summed E-state index contributed by atoms with van der Waals surface area (Å²) in [5.41, 5.74) is 1.04. The molecule has 2 aliphatic rings. The highest BCUT2D eigenvalue weighted by molar-refractivity contribution is 5.84. The van der Waals surface area contributed by atoms with Crippen molar-refractivity contribution in [1.82, 2.24) is 14.8 Å². The molecule has 0 unspecified atom stereocenters. The molecular weight excluding hydrogens is 354 g/mol. The highest BCUT2D eigenvalue weighted by atomic mass is 16.6. The first-order chi connectivity index (χ1) is 13.0. The fourth-order valence-corrected chi connectivity index (χ4v) is 3.60. The van der Waals surface area contributed by atoms with Crippen LogP contribution in [0.1, 0.15) is 21.7 Å². The third-order valence-corrected chi connectivity index (χ3v) is 5.00. The van der Waals surface area contributed by atoms with Gasteiger partial charge in [-0.2, -0.15) is 0 Å². The lowest BCUT2D eigenvalue weighted by Crippen LogP contribution is -2.44. The Kier molecular flexibility index (Phi) is 4.68. The van der Waals surface area contributed by atoms with Crippen LogP contribution in [-0.2, 0) is 31.3 Å². The number of methoxy groups -OCH3 is 1. The van der Waals surface area contributed by atoms with E-state index in [1.54, 1.807) is 0 Å². The van der Waals surface area contributed by atoms with Crippen molar-refractivity contribution in [2.75, 3.05) is 20.3 Å². The van der Waals surface area contributed by atoms with Gasteiger partial charge >= 0.3 is 5.97 Å². The fourth-order valence-electron chi connectivity index (χ4n) is 3.60. The van der Waals surface area contributed by atoms with Crippen LogP contribution in [0.4, 0.5) is 0 Å². The zero-order chi connectivity index (χ0) is 19.0. The average molecular weight is 375 g/mol. The lowest BCUT2D eigenvalue weighted by atomic mass is 9.84. The van der Waals surface area contributed by atoms with Gasteiger partial charge in [0.2, 0.25) is 0 Å². The van der Waals surface area contributed by atoms with Gasteiger partial charge in [-0.25, -0.2) is 14.5 Å². The number of aliphatic hydroxyl groups excluding tert-OH is 1. The number of aliphatic hydroxyl groups is 1. The molecule has 2 aromatic rings. The first kappa shape index (κ1) is 18.1. The summed E-state index contributed by atoms with van der Waals surface area (Å²) in [7, 11) is 1.27. The Hall–Kier alpha value is -2.33. The molecule has 1 N–H and O–H groups in total. The van der Waals surface area contributed by atoms with Crippen LogP contribution in [0.2, 0.25) is 0 Å².